The number of benzene rings is 1. The van der Waals surface area contributed by atoms with Crippen LogP contribution in [0.25, 0.3) is 11.4 Å². The van der Waals surface area contributed by atoms with E-state index < -0.39 is 0 Å². The number of hydrogen-bond acceptors (Lipinski definition) is 4. The van der Waals surface area contributed by atoms with Crippen molar-refractivity contribution in [2.45, 2.75) is 13.0 Å². The van der Waals surface area contributed by atoms with Crippen LogP contribution in [0.5, 0.6) is 0 Å². The van der Waals surface area contributed by atoms with Crippen LogP contribution in [0.1, 0.15) is 18.0 Å². The Morgan fingerprint density at radius 3 is 2.79 bits per heavy atom. The summed E-state index contributed by atoms with van der Waals surface area (Å²) in [5, 5.41) is 10.2. The van der Waals surface area contributed by atoms with E-state index in [2.05, 4.69) is 22.1 Å². The number of hydrogen-bond donors (Lipinski definition) is 1. The van der Waals surface area contributed by atoms with Crippen LogP contribution in [0.4, 0.5) is 0 Å². The minimum Gasteiger partial charge on any atom is -0.290 e. The van der Waals surface area contributed by atoms with Crippen molar-refractivity contribution in [1.82, 2.24) is 19.7 Å². The van der Waals surface area contributed by atoms with E-state index in [0.717, 1.165) is 16.4 Å². The molecule has 0 aliphatic carbocycles. The summed E-state index contributed by atoms with van der Waals surface area (Å²) in [6.07, 6.45) is 1.81. The predicted molar refractivity (Wildman–Crippen MR) is 78.8 cm³/mol. The normalized spacial score (nSPS) is 12.5. The first-order valence-corrected chi connectivity index (χ1v) is 7.18. The molecular weight excluding hydrogens is 276 g/mol. The standard InChI is InChI=1S/C13H12N4S2/c1-9(12-14-7-8-19-12)17-11(15-16-13(17)18)10-5-3-2-4-6-10/h2-9H,1H3,(H,16,18). The summed E-state index contributed by atoms with van der Waals surface area (Å²) in [6, 6.07) is 10.1. The van der Waals surface area contributed by atoms with E-state index >= 15 is 0 Å². The molecule has 4 nitrogen and oxygen atoms in total. The minimum atomic E-state index is 0.0708. The number of aromatic nitrogens is 4. The van der Waals surface area contributed by atoms with Gasteiger partial charge in [0, 0.05) is 17.1 Å². The lowest BCUT2D eigenvalue weighted by molar-refractivity contribution is 0.631. The molecule has 1 aromatic carbocycles. The van der Waals surface area contributed by atoms with E-state index in [9.17, 15) is 0 Å². The Bertz CT molecular complexity index is 713. The second-order valence-corrected chi connectivity index (χ2v) is 5.45. The van der Waals surface area contributed by atoms with Gasteiger partial charge in [-0.15, -0.1) is 11.3 Å². The van der Waals surface area contributed by atoms with Crippen molar-refractivity contribution in [2.75, 3.05) is 0 Å². The molecule has 0 spiro atoms. The highest BCUT2D eigenvalue weighted by Crippen LogP contribution is 2.26. The van der Waals surface area contributed by atoms with E-state index in [1.165, 1.54) is 0 Å². The van der Waals surface area contributed by atoms with Crippen molar-refractivity contribution in [1.29, 1.82) is 0 Å². The highest BCUT2D eigenvalue weighted by Gasteiger charge is 2.17. The van der Waals surface area contributed by atoms with Gasteiger partial charge in [-0.25, -0.2) is 4.98 Å². The first kappa shape index (κ1) is 12.3. The van der Waals surface area contributed by atoms with E-state index in [4.69, 9.17) is 12.2 Å². The molecule has 0 aliphatic rings. The number of thiazole rings is 1. The van der Waals surface area contributed by atoms with Crippen LogP contribution < -0.4 is 0 Å². The summed E-state index contributed by atoms with van der Waals surface area (Å²) >= 11 is 6.97. The smallest absolute Gasteiger partial charge is 0.196 e. The fourth-order valence-corrected chi connectivity index (χ4v) is 2.98. The Labute approximate surface area is 119 Å². The molecule has 0 fully saturated rings. The maximum atomic E-state index is 5.34. The van der Waals surface area contributed by atoms with Crippen LogP contribution in [-0.2, 0) is 0 Å². The fraction of sp³-hybridized carbons (Fsp3) is 0.154. The van der Waals surface area contributed by atoms with E-state index in [-0.39, 0.29) is 6.04 Å². The van der Waals surface area contributed by atoms with Crippen molar-refractivity contribution in [3.8, 4) is 11.4 Å². The minimum absolute atomic E-state index is 0.0708. The highest BCUT2D eigenvalue weighted by molar-refractivity contribution is 7.71. The Morgan fingerprint density at radius 1 is 1.32 bits per heavy atom. The average molecular weight is 288 g/mol. The number of aromatic amines is 1. The quantitative estimate of drug-likeness (QED) is 0.748. The van der Waals surface area contributed by atoms with Gasteiger partial charge in [-0.05, 0) is 19.1 Å². The molecule has 0 amide bonds. The molecule has 0 radical (unpaired) electrons. The average Bonchev–Trinajstić information content (AvgIpc) is 3.08. The molecule has 6 heteroatoms. The molecule has 1 atom stereocenters. The third kappa shape index (κ3) is 2.24. The Balaban J connectivity index is 2.12. The van der Waals surface area contributed by atoms with Gasteiger partial charge in [-0.2, -0.15) is 5.10 Å². The second kappa shape index (κ2) is 5.07. The zero-order valence-corrected chi connectivity index (χ0v) is 11.9. The largest absolute Gasteiger partial charge is 0.290 e. The highest BCUT2D eigenvalue weighted by atomic mass is 32.1. The van der Waals surface area contributed by atoms with Crippen LogP contribution >= 0.6 is 23.6 Å². The van der Waals surface area contributed by atoms with Gasteiger partial charge in [0.05, 0.1) is 6.04 Å². The summed E-state index contributed by atoms with van der Waals surface area (Å²) in [7, 11) is 0. The SMILES string of the molecule is CC(c1nccs1)n1c(-c2ccccc2)n[nH]c1=S. The van der Waals surface area contributed by atoms with Crippen LogP contribution in [0.3, 0.4) is 0 Å². The fourth-order valence-electron chi connectivity index (χ4n) is 2.01. The number of nitrogens with zero attached hydrogens (tertiary/aromatic N) is 3. The monoisotopic (exact) mass is 288 g/mol. The maximum Gasteiger partial charge on any atom is 0.196 e. The Morgan fingerprint density at radius 2 is 2.11 bits per heavy atom. The van der Waals surface area contributed by atoms with Crippen molar-refractivity contribution < 1.29 is 0 Å². The van der Waals surface area contributed by atoms with Crippen LogP contribution in [0, 0.1) is 4.77 Å². The molecule has 0 bridgehead atoms. The molecule has 0 aliphatic heterocycles. The summed E-state index contributed by atoms with van der Waals surface area (Å²) in [6.45, 7) is 2.08. The zero-order valence-electron chi connectivity index (χ0n) is 10.3. The molecule has 3 rings (SSSR count). The van der Waals surface area contributed by atoms with Gasteiger partial charge in [0.1, 0.15) is 5.01 Å². The topological polar surface area (TPSA) is 46.5 Å². The van der Waals surface area contributed by atoms with Crippen molar-refractivity contribution >= 4 is 23.6 Å². The van der Waals surface area contributed by atoms with Crippen LogP contribution in [0.2, 0.25) is 0 Å². The summed E-state index contributed by atoms with van der Waals surface area (Å²) < 4.78 is 2.62. The van der Waals surface area contributed by atoms with Gasteiger partial charge in [0.15, 0.2) is 10.6 Å². The lowest BCUT2D eigenvalue weighted by Gasteiger charge is -2.13. The summed E-state index contributed by atoms with van der Waals surface area (Å²) in [5.41, 5.74) is 1.04. The van der Waals surface area contributed by atoms with E-state index in [1.54, 1.807) is 11.3 Å². The van der Waals surface area contributed by atoms with Gasteiger partial charge >= 0.3 is 0 Å². The van der Waals surface area contributed by atoms with E-state index in [0.29, 0.717) is 4.77 Å². The number of nitrogens with one attached hydrogen (secondary N) is 1. The van der Waals surface area contributed by atoms with Crippen LogP contribution in [0.15, 0.2) is 41.9 Å². The van der Waals surface area contributed by atoms with Gasteiger partial charge < -0.3 is 0 Å². The van der Waals surface area contributed by atoms with Crippen LogP contribution in [-0.4, -0.2) is 19.7 Å². The molecule has 0 saturated carbocycles. The molecular formula is C13H12N4S2. The first-order valence-electron chi connectivity index (χ1n) is 5.89. The molecule has 3 aromatic rings. The van der Waals surface area contributed by atoms with Gasteiger partial charge in [0.2, 0.25) is 0 Å². The van der Waals surface area contributed by atoms with E-state index in [1.807, 2.05) is 46.5 Å². The van der Waals surface area contributed by atoms with Gasteiger partial charge in [-0.3, -0.25) is 9.67 Å². The number of H-pyrrole nitrogens is 1. The molecule has 1 N–H and O–H groups in total. The second-order valence-electron chi connectivity index (χ2n) is 4.13. The maximum absolute atomic E-state index is 5.34. The summed E-state index contributed by atoms with van der Waals surface area (Å²) in [5.74, 6) is 0.841. The molecule has 19 heavy (non-hydrogen) atoms. The third-order valence-electron chi connectivity index (χ3n) is 2.93. The van der Waals surface area contributed by atoms with Gasteiger partial charge in [0.25, 0.3) is 0 Å². The molecule has 1 unspecified atom stereocenters. The molecule has 96 valence electrons. The first-order chi connectivity index (χ1) is 9.27. The lowest BCUT2D eigenvalue weighted by Crippen LogP contribution is -2.08. The van der Waals surface area contributed by atoms with Crippen molar-refractivity contribution in [3.63, 3.8) is 0 Å². The Kier molecular flexibility index (Phi) is 3.27. The van der Waals surface area contributed by atoms with Crippen molar-refractivity contribution in [3.05, 3.63) is 51.7 Å². The third-order valence-corrected chi connectivity index (χ3v) is 4.17. The predicted octanol–water partition coefficient (Wildman–Crippen LogP) is 3.67. The molecule has 2 heterocycles. The van der Waals surface area contributed by atoms with Gasteiger partial charge in [-0.1, -0.05) is 30.3 Å². The molecule has 2 aromatic heterocycles. The Hall–Kier alpha value is -1.79. The zero-order chi connectivity index (χ0) is 13.2. The van der Waals surface area contributed by atoms with Crippen molar-refractivity contribution in [2.24, 2.45) is 0 Å². The lowest BCUT2D eigenvalue weighted by atomic mass is 10.2. The molecule has 0 saturated heterocycles. The summed E-state index contributed by atoms with van der Waals surface area (Å²) in [4.78, 5) is 4.36. The number of rotatable bonds is 3.